The minimum atomic E-state index is -3.44. The summed E-state index contributed by atoms with van der Waals surface area (Å²) < 4.78 is 28.2. The fraction of sp³-hybridized carbons (Fsp3) is 0.263. The van der Waals surface area contributed by atoms with E-state index in [1.165, 1.54) is 18.2 Å². The lowest BCUT2D eigenvalue weighted by molar-refractivity contribution is -0.147. The lowest BCUT2D eigenvalue weighted by Gasteiger charge is -2.12. The molecule has 2 aromatic rings. The fourth-order valence-corrected chi connectivity index (χ4v) is 3.18. The molecule has 0 aromatic heterocycles. The van der Waals surface area contributed by atoms with Gasteiger partial charge in [0.1, 0.15) is 0 Å². The highest BCUT2D eigenvalue weighted by Crippen LogP contribution is 2.25. The molecule has 0 saturated heterocycles. The van der Waals surface area contributed by atoms with E-state index in [4.69, 9.17) is 16.3 Å². The highest BCUT2D eigenvalue weighted by molar-refractivity contribution is 7.90. The van der Waals surface area contributed by atoms with Gasteiger partial charge >= 0.3 is 5.97 Å². The third kappa shape index (κ3) is 6.37. The SMILES string of the molecule is C[C@@H](CC(=O)OCC(=O)Nc1cc(S(C)(=O)=O)ccc1Cl)c1ccccc1. The topological polar surface area (TPSA) is 89.5 Å². The molecule has 1 atom stereocenters. The number of esters is 1. The smallest absolute Gasteiger partial charge is 0.306 e. The summed E-state index contributed by atoms with van der Waals surface area (Å²) in [6, 6.07) is 13.5. The van der Waals surface area contributed by atoms with E-state index in [1.807, 2.05) is 37.3 Å². The summed E-state index contributed by atoms with van der Waals surface area (Å²) >= 11 is 5.97. The number of sulfone groups is 1. The predicted octanol–water partition coefficient (Wildman–Crippen LogP) is 3.42. The highest BCUT2D eigenvalue weighted by Gasteiger charge is 2.15. The maximum atomic E-state index is 12.0. The van der Waals surface area contributed by atoms with E-state index in [-0.39, 0.29) is 27.9 Å². The minimum Gasteiger partial charge on any atom is -0.456 e. The van der Waals surface area contributed by atoms with Gasteiger partial charge in [-0.15, -0.1) is 0 Å². The van der Waals surface area contributed by atoms with Gasteiger partial charge in [-0.1, -0.05) is 48.9 Å². The van der Waals surface area contributed by atoms with E-state index < -0.39 is 28.3 Å². The lowest BCUT2D eigenvalue weighted by Crippen LogP contribution is -2.21. The van der Waals surface area contributed by atoms with E-state index >= 15 is 0 Å². The number of hydrogen-bond donors (Lipinski definition) is 1. The molecule has 0 aliphatic rings. The Balaban J connectivity index is 1.90. The van der Waals surface area contributed by atoms with E-state index in [9.17, 15) is 18.0 Å². The van der Waals surface area contributed by atoms with Crippen LogP contribution < -0.4 is 5.32 Å². The highest BCUT2D eigenvalue weighted by atomic mass is 35.5. The first kappa shape index (κ1) is 20.9. The van der Waals surface area contributed by atoms with Crippen LogP contribution in [0.1, 0.15) is 24.8 Å². The Kier molecular flexibility index (Phi) is 6.98. The van der Waals surface area contributed by atoms with Crippen LogP contribution in [0, 0.1) is 0 Å². The zero-order valence-corrected chi connectivity index (χ0v) is 16.5. The molecule has 0 fully saturated rings. The molecule has 0 heterocycles. The molecule has 144 valence electrons. The summed E-state index contributed by atoms with van der Waals surface area (Å²) in [5, 5.41) is 2.63. The van der Waals surface area contributed by atoms with Gasteiger partial charge in [-0.3, -0.25) is 9.59 Å². The van der Waals surface area contributed by atoms with Crippen LogP contribution in [0.2, 0.25) is 5.02 Å². The van der Waals surface area contributed by atoms with Crippen LogP contribution in [0.3, 0.4) is 0 Å². The molecule has 0 radical (unpaired) electrons. The van der Waals surface area contributed by atoms with Crippen molar-refractivity contribution in [3.8, 4) is 0 Å². The number of amides is 1. The van der Waals surface area contributed by atoms with Crippen molar-refractivity contribution >= 4 is 39.0 Å². The average Bonchev–Trinajstić information content (AvgIpc) is 2.61. The number of ether oxygens (including phenoxy) is 1. The summed E-state index contributed by atoms with van der Waals surface area (Å²) in [6.45, 7) is 1.41. The molecular weight excluding hydrogens is 390 g/mol. The van der Waals surface area contributed by atoms with Gasteiger partial charge in [-0.05, 0) is 29.7 Å². The summed E-state index contributed by atoms with van der Waals surface area (Å²) in [7, 11) is -3.44. The molecule has 27 heavy (non-hydrogen) atoms. The van der Waals surface area contributed by atoms with E-state index in [0.717, 1.165) is 11.8 Å². The van der Waals surface area contributed by atoms with E-state index in [0.29, 0.717) is 0 Å². The second-order valence-corrected chi connectivity index (χ2v) is 8.56. The number of carbonyl (C=O) groups is 2. The van der Waals surface area contributed by atoms with Crippen molar-refractivity contribution in [2.24, 2.45) is 0 Å². The van der Waals surface area contributed by atoms with Crippen molar-refractivity contribution in [2.75, 3.05) is 18.2 Å². The maximum absolute atomic E-state index is 12.0. The molecule has 0 aliphatic heterocycles. The lowest BCUT2D eigenvalue weighted by atomic mass is 9.98. The van der Waals surface area contributed by atoms with Crippen LogP contribution >= 0.6 is 11.6 Å². The van der Waals surface area contributed by atoms with Crippen LogP contribution in [0.5, 0.6) is 0 Å². The first-order valence-electron chi connectivity index (χ1n) is 8.17. The molecule has 2 rings (SSSR count). The monoisotopic (exact) mass is 409 g/mol. The number of anilines is 1. The summed E-state index contributed by atoms with van der Waals surface area (Å²) in [6.07, 6.45) is 1.19. The number of carbonyl (C=O) groups excluding carboxylic acids is 2. The van der Waals surface area contributed by atoms with Crippen LogP contribution in [-0.2, 0) is 24.2 Å². The van der Waals surface area contributed by atoms with Crippen LogP contribution in [0.4, 0.5) is 5.69 Å². The van der Waals surface area contributed by atoms with Crippen LogP contribution in [0.15, 0.2) is 53.4 Å². The van der Waals surface area contributed by atoms with Gasteiger partial charge in [0.15, 0.2) is 16.4 Å². The van der Waals surface area contributed by atoms with Crippen molar-refractivity contribution in [2.45, 2.75) is 24.2 Å². The van der Waals surface area contributed by atoms with E-state index in [2.05, 4.69) is 5.32 Å². The van der Waals surface area contributed by atoms with Gasteiger partial charge in [-0.2, -0.15) is 0 Å². The molecule has 1 amide bonds. The first-order chi connectivity index (χ1) is 12.7. The Labute approximate surface area is 163 Å². The summed E-state index contributed by atoms with van der Waals surface area (Å²) in [5.74, 6) is -1.15. The Hall–Kier alpha value is -2.38. The molecule has 0 saturated carbocycles. The van der Waals surface area contributed by atoms with Gasteiger partial charge < -0.3 is 10.1 Å². The van der Waals surface area contributed by atoms with Gasteiger partial charge in [-0.25, -0.2) is 8.42 Å². The Bertz CT molecular complexity index is 928. The standard InChI is InChI=1S/C19H20ClNO5S/c1-13(14-6-4-3-5-7-14)10-19(23)26-12-18(22)21-17-11-15(27(2,24)25)8-9-16(17)20/h3-9,11,13H,10,12H2,1-2H3,(H,21,22)/t13-/m0/s1. The Morgan fingerprint density at radius 3 is 2.44 bits per heavy atom. The Morgan fingerprint density at radius 1 is 1.15 bits per heavy atom. The largest absolute Gasteiger partial charge is 0.456 e. The summed E-state index contributed by atoms with van der Waals surface area (Å²) in [4.78, 5) is 23.9. The molecule has 0 bridgehead atoms. The third-order valence-corrected chi connectivity index (χ3v) is 5.29. The molecule has 0 aliphatic carbocycles. The average molecular weight is 410 g/mol. The van der Waals surface area contributed by atoms with Gasteiger partial charge in [0.2, 0.25) is 0 Å². The zero-order chi connectivity index (χ0) is 20.0. The van der Waals surface area contributed by atoms with Gasteiger partial charge in [0, 0.05) is 6.26 Å². The van der Waals surface area contributed by atoms with Crippen molar-refractivity contribution in [3.63, 3.8) is 0 Å². The second-order valence-electron chi connectivity index (χ2n) is 6.14. The number of hydrogen-bond acceptors (Lipinski definition) is 5. The Morgan fingerprint density at radius 2 is 1.81 bits per heavy atom. The van der Waals surface area contributed by atoms with Crippen molar-refractivity contribution in [1.82, 2.24) is 0 Å². The number of nitrogens with one attached hydrogen (secondary N) is 1. The normalized spacial score (nSPS) is 12.3. The third-order valence-electron chi connectivity index (χ3n) is 3.85. The van der Waals surface area contributed by atoms with Gasteiger partial charge in [0.05, 0.1) is 22.0 Å². The molecule has 2 aromatic carbocycles. The van der Waals surface area contributed by atoms with E-state index in [1.54, 1.807) is 0 Å². The second kappa shape index (κ2) is 9.01. The summed E-state index contributed by atoms with van der Waals surface area (Å²) in [5.41, 5.74) is 1.14. The quantitative estimate of drug-likeness (QED) is 0.707. The first-order valence-corrected chi connectivity index (χ1v) is 10.4. The van der Waals surface area contributed by atoms with Crippen LogP contribution in [0.25, 0.3) is 0 Å². The minimum absolute atomic E-state index is 0.0240. The molecule has 1 N–H and O–H groups in total. The van der Waals surface area contributed by atoms with Crippen LogP contribution in [-0.4, -0.2) is 33.2 Å². The molecule has 0 unspecified atom stereocenters. The number of benzene rings is 2. The van der Waals surface area contributed by atoms with Crippen molar-refractivity contribution < 1.29 is 22.7 Å². The predicted molar refractivity (Wildman–Crippen MR) is 104 cm³/mol. The number of halogens is 1. The van der Waals surface area contributed by atoms with Crippen molar-refractivity contribution in [1.29, 1.82) is 0 Å². The molecule has 0 spiro atoms. The molecular formula is C19H20ClNO5S. The van der Waals surface area contributed by atoms with Gasteiger partial charge in [0.25, 0.3) is 5.91 Å². The van der Waals surface area contributed by atoms with Crippen molar-refractivity contribution in [3.05, 3.63) is 59.1 Å². The zero-order valence-electron chi connectivity index (χ0n) is 14.9. The molecule has 8 heteroatoms. The fourth-order valence-electron chi connectivity index (χ4n) is 2.37. The molecule has 6 nitrogen and oxygen atoms in total. The maximum Gasteiger partial charge on any atom is 0.306 e. The number of rotatable bonds is 7.